The van der Waals surface area contributed by atoms with Crippen molar-refractivity contribution in [2.75, 3.05) is 14.2 Å². The number of hydrogen-bond acceptors (Lipinski definition) is 3. The van der Waals surface area contributed by atoms with Crippen molar-refractivity contribution >= 4 is 27.5 Å². The number of aliphatic hydroxyl groups excluding tert-OH is 1. The monoisotopic (exact) mass is 370 g/mol. The highest BCUT2D eigenvalue weighted by atomic mass is 79.9. The minimum absolute atomic E-state index is 0.520. The highest BCUT2D eigenvalue weighted by molar-refractivity contribution is 9.10. The number of rotatable bonds is 4. The molecule has 1 atom stereocenters. The van der Waals surface area contributed by atoms with E-state index < -0.39 is 6.10 Å². The van der Waals surface area contributed by atoms with Gasteiger partial charge in [0, 0.05) is 16.1 Å². The Kier molecular flexibility index (Phi) is 5.14. The van der Waals surface area contributed by atoms with Crippen molar-refractivity contribution < 1.29 is 14.6 Å². The first-order chi connectivity index (χ1) is 9.97. The molecule has 0 amide bonds. The molecule has 2 rings (SSSR count). The van der Waals surface area contributed by atoms with Crippen LogP contribution in [-0.4, -0.2) is 19.3 Å². The molecule has 3 nitrogen and oxygen atoms in total. The molecule has 0 saturated carbocycles. The summed E-state index contributed by atoms with van der Waals surface area (Å²) < 4.78 is 11.4. The van der Waals surface area contributed by atoms with Gasteiger partial charge >= 0.3 is 0 Å². The molecule has 1 N–H and O–H groups in total. The summed E-state index contributed by atoms with van der Waals surface area (Å²) in [7, 11) is 3.13. The minimum Gasteiger partial charge on any atom is -0.496 e. The van der Waals surface area contributed by atoms with Gasteiger partial charge in [0.2, 0.25) is 0 Å². The number of benzene rings is 2. The Bertz CT molecular complexity index is 658. The first kappa shape index (κ1) is 16.1. The van der Waals surface area contributed by atoms with Crippen molar-refractivity contribution in [1.82, 2.24) is 0 Å². The summed E-state index contributed by atoms with van der Waals surface area (Å²) in [5, 5.41) is 11.2. The maximum Gasteiger partial charge on any atom is 0.133 e. The minimum atomic E-state index is -0.893. The first-order valence-corrected chi connectivity index (χ1v) is 7.50. The summed E-state index contributed by atoms with van der Waals surface area (Å²) in [4.78, 5) is 0. The number of methoxy groups -OCH3 is 2. The molecular formula is C16H16BrClO3. The molecule has 5 heteroatoms. The van der Waals surface area contributed by atoms with Gasteiger partial charge in [-0.15, -0.1) is 0 Å². The van der Waals surface area contributed by atoms with Crippen LogP contribution in [0.15, 0.2) is 34.8 Å². The highest BCUT2D eigenvalue weighted by Crippen LogP contribution is 2.39. The van der Waals surface area contributed by atoms with Gasteiger partial charge in [0.05, 0.1) is 18.7 Å². The average Bonchev–Trinajstić information content (AvgIpc) is 2.46. The van der Waals surface area contributed by atoms with Crippen LogP contribution in [0.2, 0.25) is 5.02 Å². The molecule has 0 spiro atoms. The summed E-state index contributed by atoms with van der Waals surface area (Å²) in [6, 6.07) is 9.05. The second-order valence-electron chi connectivity index (χ2n) is 4.66. The molecule has 2 aromatic rings. The average molecular weight is 372 g/mol. The lowest BCUT2D eigenvalue weighted by Gasteiger charge is -2.18. The normalized spacial score (nSPS) is 12.1. The SMILES string of the molecule is COc1cc(C(O)c2ccc(C)cc2Cl)c(OC)cc1Br. The maximum absolute atomic E-state index is 10.7. The lowest BCUT2D eigenvalue weighted by Crippen LogP contribution is -2.04. The van der Waals surface area contributed by atoms with E-state index in [1.165, 1.54) is 0 Å². The van der Waals surface area contributed by atoms with Crippen LogP contribution in [0.1, 0.15) is 22.8 Å². The Labute approximate surface area is 137 Å². The zero-order valence-corrected chi connectivity index (χ0v) is 14.3. The summed E-state index contributed by atoms with van der Waals surface area (Å²) in [5.74, 6) is 1.18. The van der Waals surface area contributed by atoms with Crippen LogP contribution in [0.3, 0.4) is 0 Å². The molecule has 0 aliphatic carbocycles. The van der Waals surface area contributed by atoms with E-state index in [0.717, 1.165) is 10.0 Å². The quantitative estimate of drug-likeness (QED) is 0.859. The summed E-state index contributed by atoms with van der Waals surface area (Å²) >= 11 is 9.63. The Morgan fingerprint density at radius 3 is 2.29 bits per heavy atom. The number of halogens is 2. The van der Waals surface area contributed by atoms with Crippen LogP contribution in [0.5, 0.6) is 11.5 Å². The number of hydrogen-bond donors (Lipinski definition) is 1. The van der Waals surface area contributed by atoms with E-state index in [1.807, 2.05) is 25.1 Å². The van der Waals surface area contributed by atoms with Crippen LogP contribution in [0.4, 0.5) is 0 Å². The number of aryl methyl sites for hydroxylation is 1. The fourth-order valence-corrected chi connectivity index (χ4v) is 2.94. The summed E-state index contributed by atoms with van der Waals surface area (Å²) in [6.45, 7) is 1.95. The molecule has 21 heavy (non-hydrogen) atoms. The molecule has 2 aromatic carbocycles. The van der Waals surface area contributed by atoms with Crippen LogP contribution < -0.4 is 9.47 Å². The van der Waals surface area contributed by atoms with Gasteiger partial charge in [-0.05, 0) is 46.6 Å². The van der Waals surface area contributed by atoms with Crippen molar-refractivity contribution in [3.63, 3.8) is 0 Å². The summed E-state index contributed by atoms with van der Waals surface area (Å²) in [6.07, 6.45) is -0.893. The highest BCUT2D eigenvalue weighted by Gasteiger charge is 2.20. The van der Waals surface area contributed by atoms with Crippen molar-refractivity contribution in [2.24, 2.45) is 0 Å². The van der Waals surface area contributed by atoms with Crippen molar-refractivity contribution in [2.45, 2.75) is 13.0 Å². The molecule has 0 aromatic heterocycles. The molecule has 0 bridgehead atoms. The van der Waals surface area contributed by atoms with Gasteiger partial charge in [-0.1, -0.05) is 23.7 Å². The van der Waals surface area contributed by atoms with E-state index in [0.29, 0.717) is 27.6 Å². The second kappa shape index (κ2) is 6.69. The van der Waals surface area contributed by atoms with Gasteiger partial charge in [0.1, 0.15) is 17.6 Å². The zero-order valence-electron chi connectivity index (χ0n) is 12.0. The Hall–Kier alpha value is -1.23. The van der Waals surface area contributed by atoms with E-state index in [9.17, 15) is 5.11 Å². The van der Waals surface area contributed by atoms with Gasteiger partial charge in [-0.3, -0.25) is 0 Å². The van der Waals surface area contributed by atoms with Gasteiger partial charge in [0.25, 0.3) is 0 Å². The smallest absolute Gasteiger partial charge is 0.133 e. The van der Waals surface area contributed by atoms with Crippen molar-refractivity contribution in [1.29, 1.82) is 0 Å². The molecule has 0 aliphatic heterocycles. The third kappa shape index (κ3) is 3.34. The van der Waals surface area contributed by atoms with Crippen LogP contribution in [-0.2, 0) is 0 Å². The third-order valence-electron chi connectivity index (χ3n) is 3.25. The zero-order chi connectivity index (χ0) is 15.6. The van der Waals surface area contributed by atoms with Crippen molar-refractivity contribution in [3.8, 4) is 11.5 Å². The van der Waals surface area contributed by atoms with Gasteiger partial charge < -0.3 is 14.6 Å². The first-order valence-electron chi connectivity index (χ1n) is 6.33. The second-order valence-corrected chi connectivity index (χ2v) is 5.92. The van der Waals surface area contributed by atoms with E-state index in [-0.39, 0.29) is 0 Å². The molecule has 0 fully saturated rings. The molecule has 0 aliphatic rings. The van der Waals surface area contributed by atoms with Crippen LogP contribution in [0.25, 0.3) is 0 Å². The predicted molar refractivity (Wildman–Crippen MR) is 87.5 cm³/mol. The largest absolute Gasteiger partial charge is 0.496 e. The lowest BCUT2D eigenvalue weighted by molar-refractivity contribution is 0.214. The fraction of sp³-hybridized carbons (Fsp3) is 0.250. The van der Waals surface area contributed by atoms with Gasteiger partial charge in [-0.25, -0.2) is 0 Å². The summed E-state index contributed by atoms with van der Waals surface area (Å²) in [5.41, 5.74) is 2.27. The molecule has 0 radical (unpaired) electrons. The van der Waals surface area contributed by atoms with E-state index in [2.05, 4.69) is 15.9 Å². The van der Waals surface area contributed by atoms with Crippen LogP contribution >= 0.6 is 27.5 Å². The number of ether oxygens (including phenoxy) is 2. The van der Waals surface area contributed by atoms with E-state index in [1.54, 1.807) is 26.4 Å². The van der Waals surface area contributed by atoms with Gasteiger partial charge in [0.15, 0.2) is 0 Å². The fourth-order valence-electron chi connectivity index (χ4n) is 2.12. The number of aliphatic hydroxyl groups is 1. The van der Waals surface area contributed by atoms with E-state index >= 15 is 0 Å². The van der Waals surface area contributed by atoms with Crippen LogP contribution in [0, 0.1) is 6.92 Å². The Morgan fingerprint density at radius 2 is 1.71 bits per heavy atom. The predicted octanol–water partition coefficient (Wildman–Crippen LogP) is 4.51. The maximum atomic E-state index is 10.7. The molecular weight excluding hydrogens is 356 g/mol. The third-order valence-corrected chi connectivity index (χ3v) is 4.20. The Morgan fingerprint density at radius 1 is 1.05 bits per heavy atom. The van der Waals surface area contributed by atoms with Gasteiger partial charge in [-0.2, -0.15) is 0 Å². The molecule has 112 valence electrons. The lowest BCUT2D eigenvalue weighted by atomic mass is 9.99. The van der Waals surface area contributed by atoms with E-state index in [4.69, 9.17) is 21.1 Å². The molecule has 0 heterocycles. The molecule has 1 unspecified atom stereocenters. The topological polar surface area (TPSA) is 38.7 Å². The standard InChI is InChI=1S/C16H16BrClO3/c1-9-4-5-10(13(18)6-9)16(19)11-7-15(21-3)12(17)8-14(11)20-2/h4-8,16,19H,1-3H3. The molecule has 0 saturated heterocycles. The van der Waals surface area contributed by atoms with Crippen molar-refractivity contribution in [3.05, 3.63) is 56.5 Å². The Balaban J connectivity index is 2.53.